The fraction of sp³-hybridized carbons (Fsp3) is 0.444. The van der Waals surface area contributed by atoms with Crippen molar-refractivity contribution in [3.63, 3.8) is 0 Å². The Morgan fingerprint density at radius 2 is 1.90 bits per heavy atom. The van der Waals surface area contributed by atoms with Gasteiger partial charge in [0.05, 0.1) is 0 Å². The molecule has 1 heteroatoms. The van der Waals surface area contributed by atoms with E-state index in [-0.39, 0.29) is 11.2 Å². The minimum absolute atomic E-state index is 0.00171. The fourth-order valence-electron chi connectivity index (χ4n) is 0.958. The molecule has 0 aromatic heterocycles. The molecule has 0 saturated carbocycles. The summed E-state index contributed by atoms with van der Waals surface area (Å²) < 4.78 is 0. The van der Waals surface area contributed by atoms with Crippen LogP contribution in [0.5, 0.6) is 0 Å². The molecule has 0 unspecified atom stereocenters. The van der Waals surface area contributed by atoms with E-state index in [0.717, 1.165) is 5.57 Å². The van der Waals surface area contributed by atoms with Gasteiger partial charge in [0.15, 0.2) is 5.78 Å². The number of allylic oxidation sites excluding steroid dienone is 3. The van der Waals surface area contributed by atoms with Crippen molar-refractivity contribution in [1.82, 2.24) is 0 Å². The van der Waals surface area contributed by atoms with Crippen molar-refractivity contribution in [3.8, 4) is 0 Å². The van der Waals surface area contributed by atoms with Gasteiger partial charge < -0.3 is 0 Å². The summed E-state index contributed by atoms with van der Waals surface area (Å²) in [4.78, 5) is 11.0. The maximum absolute atomic E-state index is 11.0. The summed E-state index contributed by atoms with van der Waals surface area (Å²) in [6, 6.07) is 0. The molecule has 0 radical (unpaired) electrons. The molecule has 0 amide bonds. The Bertz CT molecular complexity index is 226. The van der Waals surface area contributed by atoms with Crippen LogP contribution in [0.2, 0.25) is 0 Å². The maximum atomic E-state index is 11.0. The standard InChI is InChI=1S/C9H12O/c1-6-5-7(8(6)10)9(2,3)4/h5H,1H2,2-4H3. The van der Waals surface area contributed by atoms with Gasteiger partial charge in [-0.25, -0.2) is 0 Å². The van der Waals surface area contributed by atoms with Crippen LogP contribution >= 0.6 is 0 Å². The largest absolute Gasteiger partial charge is 0.289 e. The third-order valence-electron chi connectivity index (χ3n) is 1.66. The first-order valence-corrected chi connectivity index (χ1v) is 3.39. The van der Waals surface area contributed by atoms with E-state index in [1.54, 1.807) is 0 Å². The first-order chi connectivity index (χ1) is 4.43. The third kappa shape index (κ3) is 0.919. The Balaban J connectivity index is 2.91. The van der Waals surface area contributed by atoms with E-state index in [4.69, 9.17) is 0 Å². The van der Waals surface area contributed by atoms with Gasteiger partial charge in [-0.05, 0) is 11.5 Å². The highest BCUT2D eigenvalue weighted by Crippen LogP contribution is 2.34. The van der Waals surface area contributed by atoms with E-state index in [2.05, 4.69) is 6.58 Å². The van der Waals surface area contributed by atoms with Crippen molar-refractivity contribution in [2.75, 3.05) is 0 Å². The molecule has 0 saturated heterocycles. The van der Waals surface area contributed by atoms with Crippen LogP contribution in [0.3, 0.4) is 0 Å². The van der Waals surface area contributed by atoms with Gasteiger partial charge in [-0.3, -0.25) is 4.79 Å². The number of rotatable bonds is 0. The van der Waals surface area contributed by atoms with Crippen LogP contribution in [0.1, 0.15) is 20.8 Å². The molecular weight excluding hydrogens is 124 g/mol. The highest BCUT2D eigenvalue weighted by atomic mass is 16.1. The summed E-state index contributed by atoms with van der Waals surface area (Å²) in [7, 11) is 0. The van der Waals surface area contributed by atoms with Crippen molar-refractivity contribution >= 4 is 5.78 Å². The quantitative estimate of drug-likeness (QED) is 0.466. The third-order valence-corrected chi connectivity index (χ3v) is 1.66. The molecule has 1 nitrogen and oxygen atoms in total. The van der Waals surface area contributed by atoms with Crippen LogP contribution in [0.25, 0.3) is 0 Å². The normalized spacial score (nSPS) is 18.5. The lowest BCUT2D eigenvalue weighted by atomic mass is 9.75. The second-order valence-corrected chi connectivity index (χ2v) is 3.66. The van der Waals surface area contributed by atoms with Crippen LogP contribution in [0, 0.1) is 5.41 Å². The highest BCUT2D eigenvalue weighted by Gasteiger charge is 2.31. The molecule has 0 bridgehead atoms. The Hall–Kier alpha value is -0.850. The Labute approximate surface area is 61.4 Å². The van der Waals surface area contributed by atoms with Gasteiger partial charge in [-0.15, -0.1) is 0 Å². The zero-order valence-corrected chi connectivity index (χ0v) is 6.69. The van der Waals surface area contributed by atoms with Crippen LogP contribution in [-0.4, -0.2) is 5.78 Å². The predicted molar refractivity (Wildman–Crippen MR) is 41.7 cm³/mol. The molecule has 0 spiro atoms. The second-order valence-electron chi connectivity index (χ2n) is 3.66. The predicted octanol–water partition coefficient (Wildman–Crippen LogP) is 2.10. The van der Waals surface area contributed by atoms with Crippen molar-refractivity contribution in [3.05, 3.63) is 23.8 Å². The molecule has 1 aliphatic carbocycles. The molecule has 10 heavy (non-hydrogen) atoms. The molecule has 0 atom stereocenters. The molecule has 1 rings (SSSR count). The molecule has 0 aromatic carbocycles. The molecule has 0 heterocycles. The number of hydrogen-bond acceptors (Lipinski definition) is 1. The maximum Gasteiger partial charge on any atom is 0.188 e. The number of ketones is 1. The van der Waals surface area contributed by atoms with Crippen LogP contribution in [0.4, 0.5) is 0 Å². The van der Waals surface area contributed by atoms with Crippen molar-refractivity contribution in [2.45, 2.75) is 20.8 Å². The minimum atomic E-state index is -0.00171. The van der Waals surface area contributed by atoms with E-state index < -0.39 is 0 Å². The lowest BCUT2D eigenvalue weighted by Gasteiger charge is -2.27. The van der Waals surface area contributed by atoms with Gasteiger partial charge in [0.25, 0.3) is 0 Å². The van der Waals surface area contributed by atoms with E-state index in [9.17, 15) is 4.79 Å². The van der Waals surface area contributed by atoms with Crippen LogP contribution in [-0.2, 0) is 4.79 Å². The molecule has 0 fully saturated rings. The Kier molecular flexibility index (Phi) is 1.32. The van der Waals surface area contributed by atoms with E-state index in [0.29, 0.717) is 5.57 Å². The minimum Gasteiger partial charge on any atom is -0.289 e. The summed E-state index contributed by atoms with van der Waals surface area (Å²) in [6.07, 6.45) is 1.86. The molecule has 54 valence electrons. The first kappa shape index (κ1) is 7.26. The first-order valence-electron chi connectivity index (χ1n) is 3.39. The summed E-state index contributed by atoms with van der Waals surface area (Å²) in [5.41, 5.74) is 1.54. The smallest absolute Gasteiger partial charge is 0.188 e. The van der Waals surface area contributed by atoms with E-state index in [1.165, 1.54) is 0 Å². The lowest BCUT2D eigenvalue weighted by molar-refractivity contribution is -0.113. The molecule has 0 aliphatic heterocycles. The average Bonchev–Trinajstić information content (AvgIpc) is 1.79. The average molecular weight is 136 g/mol. The van der Waals surface area contributed by atoms with Gasteiger partial charge in [0, 0.05) is 11.1 Å². The molecular formula is C9H12O. The van der Waals surface area contributed by atoms with Gasteiger partial charge in [0.2, 0.25) is 0 Å². The van der Waals surface area contributed by atoms with Crippen LogP contribution < -0.4 is 0 Å². The monoisotopic (exact) mass is 136 g/mol. The van der Waals surface area contributed by atoms with Crippen molar-refractivity contribution < 1.29 is 4.79 Å². The number of hydrogen-bond donors (Lipinski definition) is 0. The van der Waals surface area contributed by atoms with Crippen LogP contribution in [0.15, 0.2) is 23.8 Å². The fourth-order valence-corrected chi connectivity index (χ4v) is 0.958. The van der Waals surface area contributed by atoms with Crippen molar-refractivity contribution in [1.29, 1.82) is 0 Å². The van der Waals surface area contributed by atoms with Gasteiger partial charge in [-0.1, -0.05) is 27.4 Å². The summed E-state index contributed by atoms with van der Waals surface area (Å²) in [6.45, 7) is 9.67. The summed E-state index contributed by atoms with van der Waals surface area (Å²) in [5, 5.41) is 0. The Morgan fingerprint density at radius 3 is 2.00 bits per heavy atom. The van der Waals surface area contributed by atoms with Crippen molar-refractivity contribution in [2.24, 2.45) is 5.41 Å². The SMILES string of the molecule is C=C1C=C(C(C)(C)C)C1=O. The number of carbonyl (C=O) groups excluding carboxylic acids is 1. The Morgan fingerprint density at radius 1 is 1.40 bits per heavy atom. The zero-order valence-electron chi connectivity index (χ0n) is 6.69. The summed E-state index contributed by atoms with van der Waals surface area (Å²) >= 11 is 0. The van der Waals surface area contributed by atoms with Gasteiger partial charge >= 0.3 is 0 Å². The summed E-state index contributed by atoms with van der Waals surface area (Å²) in [5.74, 6) is 0.132. The lowest BCUT2D eigenvalue weighted by Crippen LogP contribution is -2.25. The van der Waals surface area contributed by atoms with Gasteiger partial charge in [-0.2, -0.15) is 0 Å². The highest BCUT2D eigenvalue weighted by molar-refractivity contribution is 6.17. The molecule has 0 N–H and O–H groups in total. The zero-order chi connectivity index (χ0) is 7.94. The molecule has 1 aliphatic rings. The number of Topliss-reactive ketones (excluding diaryl/α,β-unsaturated/α-hetero) is 1. The van der Waals surface area contributed by atoms with E-state index in [1.807, 2.05) is 26.8 Å². The van der Waals surface area contributed by atoms with Gasteiger partial charge in [0.1, 0.15) is 0 Å². The second kappa shape index (κ2) is 1.82. The van der Waals surface area contributed by atoms with E-state index >= 15 is 0 Å². The topological polar surface area (TPSA) is 17.1 Å². The number of carbonyl (C=O) groups is 1. The molecule has 0 aromatic rings.